The molecule has 186 valence electrons. The smallest absolute Gasteiger partial charge is 0.408 e. The van der Waals surface area contributed by atoms with E-state index in [2.05, 4.69) is 10.6 Å². The fourth-order valence-electron chi connectivity index (χ4n) is 3.40. The van der Waals surface area contributed by atoms with Crippen LogP contribution in [-0.4, -0.2) is 51.6 Å². The van der Waals surface area contributed by atoms with Gasteiger partial charge in [0, 0.05) is 17.6 Å². The van der Waals surface area contributed by atoms with Gasteiger partial charge in [-0.2, -0.15) is 0 Å². The van der Waals surface area contributed by atoms with Crippen LogP contribution in [0, 0.1) is 5.92 Å². The summed E-state index contributed by atoms with van der Waals surface area (Å²) in [5.74, 6) is -1.17. The molecule has 0 saturated carbocycles. The molecule has 3 amide bonds. The normalized spacial score (nSPS) is 14.4. The summed E-state index contributed by atoms with van der Waals surface area (Å²) in [6, 6.07) is 3.99. The molecule has 1 rings (SSSR count). The third kappa shape index (κ3) is 8.26. The van der Waals surface area contributed by atoms with Crippen LogP contribution in [0.25, 0.3) is 0 Å². The molecule has 8 heteroatoms. The molecule has 3 atom stereocenters. The zero-order valence-electron chi connectivity index (χ0n) is 21.4. The number of carbonyl (C=O) groups excluding carboxylic acids is 3. The van der Waals surface area contributed by atoms with Gasteiger partial charge in [-0.3, -0.25) is 9.59 Å². The first-order chi connectivity index (χ1) is 15.2. The number of para-hydroxylation sites is 1. The van der Waals surface area contributed by atoms with E-state index in [1.165, 1.54) is 11.0 Å². The zero-order valence-corrected chi connectivity index (χ0v) is 21.4. The topological polar surface area (TPSA) is 108 Å². The standard InChI is InChI=1S/C25H41N3O5/c1-10-17(6)28(23(31)20(15(2)3)27-24(32)33-25(7,8)9)21(22(30)26-16(4)5)18-13-11-12-14-19(18)29/h11-17,20-21,29H,10H2,1-9H3,(H,26,30)(H,27,32). The van der Waals surface area contributed by atoms with Gasteiger partial charge in [0.15, 0.2) is 0 Å². The number of hydrogen-bond donors (Lipinski definition) is 3. The lowest BCUT2D eigenvalue weighted by Crippen LogP contribution is -2.57. The highest BCUT2D eigenvalue weighted by Crippen LogP contribution is 2.32. The second kappa shape index (κ2) is 11.9. The van der Waals surface area contributed by atoms with Crippen molar-refractivity contribution in [3.05, 3.63) is 29.8 Å². The molecule has 0 aromatic heterocycles. The molecule has 1 aromatic rings. The maximum absolute atomic E-state index is 13.9. The number of phenols is 1. The molecule has 0 aliphatic heterocycles. The first-order valence-electron chi connectivity index (χ1n) is 11.6. The van der Waals surface area contributed by atoms with Gasteiger partial charge >= 0.3 is 6.09 Å². The van der Waals surface area contributed by atoms with E-state index in [-0.39, 0.29) is 23.8 Å². The van der Waals surface area contributed by atoms with Crippen LogP contribution < -0.4 is 10.6 Å². The molecule has 8 nitrogen and oxygen atoms in total. The monoisotopic (exact) mass is 463 g/mol. The summed E-state index contributed by atoms with van der Waals surface area (Å²) in [6.07, 6.45) is -0.133. The Morgan fingerprint density at radius 3 is 2.06 bits per heavy atom. The van der Waals surface area contributed by atoms with Crippen molar-refractivity contribution >= 4 is 17.9 Å². The predicted octanol–water partition coefficient (Wildman–Crippen LogP) is 4.13. The Morgan fingerprint density at radius 2 is 1.61 bits per heavy atom. The Balaban J connectivity index is 3.52. The molecule has 0 radical (unpaired) electrons. The highest BCUT2D eigenvalue weighted by molar-refractivity contribution is 5.93. The van der Waals surface area contributed by atoms with Gasteiger partial charge in [-0.05, 0) is 59.9 Å². The van der Waals surface area contributed by atoms with Gasteiger partial charge in [0.25, 0.3) is 0 Å². The third-order valence-electron chi connectivity index (χ3n) is 5.11. The minimum Gasteiger partial charge on any atom is -0.508 e. The molecular formula is C25H41N3O5. The van der Waals surface area contributed by atoms with Gasteiger partial charge in [-0.15, -0.1) is 0 Å². The number of ether oxygens (including phenoxy) is 1. The fourth-order valence-corrected chi connectivity index (χ4v) is 3.40. The van der Waals surface area contributed by atoms with Crippen LogP contribution in [0.2, 0.25) is 0 Å². The maximum atomic E-state index is 13.9. The van der Waals surface area contributed by atoms with E-state index in [1.54, 1.807) is 39.0 Å². The molecule has 33 heavy (non-hydrogen) atoms. The Labute approximate surface area is 198 Å². The fraction of sp³-hybridized carbons (Fsp3) is 0.640. The predicted molar refractivity (Wildman–Crippen MR) is 129 cm³/mol. The van der Waals surface area contributed by atoms with Gasteiger partial charge < -0.3 is 25.4 Å². The van der Waals surface area contributed by atoms with Crippen LogP contribution in [0.15, 0.2) is 24.3 Å². The van der Waals surface area contributed by atoms with E-state index in [9.17, 15) is 19.5 Å². The van der Waals surface area contributed by atoms with E-state index >= 15 is 0 Å². The summed E-state index contributed by atoms with van der Waals surface area (Å²) >= 11 is 0. The molecular weight excluding hydrogens is 422 g/mol. The second-order valence-corrected chi connectivity index (χ2v) is 10.00. The van der Waals surface area contributed by atoms with E-state index in [1.807, 2.05) is 41.5 Å². The number of nitrogens with zero attached hydrogens (tertiary/aromatic N) is 1. The molecule has 3 N–H and O–H groups in total. The lowest BCUT2D eigenvalue weighted by molar-refractivity contribution is -0.146. The van der Waals surface area contributed by atoms with Crippen LogP contribution in [0.1, 0.15) is 80.3 Å². The van der Waals surface area contributed by atoms with Crippen molar-refractivity contribution in [1.29, 1.82) is 0 Å². The van der Waals surface area contributed by atoms with Gasteiger partial charge in [0.2, 0.25) is 11.8 Å². The third-order valence-corrected chi connectivity index (χ3v) is 5.11. The second-order valence-electron chi connectivity index (χ2n) is 10.00. The molecule has 0 saturated heterocycles. The van der Waals surface area contributed by atoms with Gasteiger partial charge in [0.05, 0.1) is 0 Å². The molecule has 0 fully saturated rings. The van der Waals surface area contributed by atoms with Crippen molar-refractivity contribution in [2.24, 2.45) is 5.92 Å². The summed E-state index contributed by atoms with van der Waals surface area (Å²) in [4.78, 5) is 41.2. The first kappa shape index (κ1) is 28.3. The van der Waals surface area contributed by atoms with Crippen molar-refractivity contribution in [2.75, 3.05) is 0 Å². The van der Waals surface area contributed by atoms with Crippen molar-refractivity contribution in [3.63, 3.8) is 0 Å². The van der Waals surface area contributed by atoms with Gasteiger partial charge in [0.1, 0.15) is 23.4 Å². The summed E-state index contributed by atoms with van der Waals surface area (Å²) in [7, 11) is 0. The zero-order chi connectivity index (χ0) is 25.5. The lowest BCUT2D eigenvalue weighted by Gasteiger charge is -2.39. The molecule has 0 aliphatic rings. The lowest BCUT2D eigenvalue weighted by atomic mass is 9.96. The molecule has 0 spiro atoms. The average Bonchev–Trinajstić information content (AvgIpc) is 2.67. The Kier molecular flexibility index (Phi) is 10.2. The van der Waals surface area contributed by atoms with Crippen molar-refractivity contribution in [1.82, 2.24) is 15.5 Å². The Morgan fingerprint density at radius 1 is 1.03 bits per heavy atom. The Hall–Kier alpha value is -2.77. The van der Waals surface area contributed by atoms with Crippen LogP contribution in [-0.2, 0) is 14.3 Å². The number of hydrogen-bond acceptors (Lipinski definition) is 5. The maximum Gasteiger partial charge on any atom is 0.408 e. The molecule has 0 aliphatic carbocycles. The minimum absolute atomic E-state index is 0.0799. The van der Waals surface area contributed by atoms with E-state index in [0.29, 0.717) is 12.0 Å². The summed E-state index contributed by atoms with van der Waals surface area (Å²) < 4.78 is 5.36. The number of alkyl carbamates (subject to hydrolysis) is 1. The average molecular weight is 464 g/mol. The quantitative estimate of drug-likeness (QED) is 0.510. The minimum atomic E-state index is -1.07. The Bertz CT molecular complexity index is 817. The van der Waals surface area contributed by atoms with Crippen molar-refractivity contribution < 1.29 is 24.2 Å². The van der Waals surface area contributed by atoms with Crippen molar-refractivity contribution in [3.8, 4) is 5.75 Å². The van der Waals surface area contributed by atoms with Crippen LogP contribution in [0.3, 0.4) is 0 Å². The SMILES string of the molecule is CCC(C)N(C(=O)C(NC(=O)OC(C)(C)C)C(C)C)C(C(=O)NC(C)C)c1ccccc1O. The van der Waals surface area contributed by atoms with Gasteiger partial charge in [-0.25, -0.2) is 4.79 Å². The van der Waals surface area contributed by atoms with E-state index in [4.69, 9.17) is 4.74 Å². The molecule has 0 heterocycles. The first-order valence-corrected chi connectivity index (χ1v) is 11.6. The van der Waals surface area contributed by atoms with Crippen LogP contribution >= 0.6 is 0 Å². The summed E-state index contributed by atoms with van der Waals surface area (Å²) in [5.41, 5.74) is -0.398. The number of carbonyl (C=O) groups is 3. The van der Waals surface area contributed by atoms with Crippen LogP contribution in [0.5, 0.6) is 5.75 Å². The molecule has 0 bridgehead atoms. The van der Waals surface area contributed by atoms with Gasteiger partial charge in [-0.1, -0.05) is 39.0 Å². The number of aromatic hydroxyl groups is 1. The number of phenolic OH excluding ortho intramolecular Hbond substituents is 1. The largest absolute Gasteiger partial charge is 0.508 e. The van der Waals surface area contributed by atoms with E-state index in [0.717, 1.165) is 0 Å². The number of amides is 3. The highest BCUT2D eigenvalue weighted by atomic mass is 16.6. The number of nitrogens with one attached hydrogen (secondary N) is 2. The molecule has 1 aromatic carbocycles. The number of rotatable bonds is 9. The van der Waals surface area contributed by atoms with Crippen LogP contribution in [0.4, 0.5) is 4.79 Å². The van der Waals surface area contributed by atoms with Crippen molar-refractivity contribution in [2.45, 2.75) is 98.5 Å². The number of benzene rings is 1. The molecule has 3 unspecified atom stereocenters. The summed E-state index contributed by atoms with van der Waals surface area (Å²) in [5, 5.41) is 16.1. The van der Waals surface area contributed by atoms with E-state index < -0.39 is 35.6 Å². The summed E-state index contributed by atoms with van der Waals surface area (Å²) in [6.45, 7) is 16.3. The highest BCUT2D eigenvalue weighted by Gasteiger charge is 2.40.